The Labute approximate surface area is 141 Å². The number of rotatable bonds is 5. The summed E-state index contributed by atoms with van der Waals surface area (Å²) in [5.41, 5.74) is 1.77. The summed E-state index contributed by atoms with van der Waals surface area (Å²) in [5.74, 6) is 0. The molecule has 2 rings (SSSR count). The molecule has 0 aliphatic carbocycles. The average molecular weight is 358 g/mol. The molecule has 2 aromatic carbocycles. The summed E-state index contributed by atoms with van der Waals surface area (Å²) in [5, 5.41) is 0.947. The van der Waals surface area contributed by atoms with Crippen molar-refractivity contribution in [3.8, 4) is 0 Å². The van der Waals surface area contributed by atoms with E-state index in [0.717, 1.165) is 12.0 Å². The first-order valence-electron chi connectivity index (χ1n) is 6.89. The fraction of sp³-hybridized carbons (Fsp3) is 0.250. The lowest BCUT2D eigenvalue weighted by Crippen LogP contribution is -2.27. The molecule has 1 N–H and O–H groups in total. The Morgan fingerprint density at radius 1 is 1.09 bits per heavy atom. The Morgan fingerprint density at radius 3 is 2.27 bits per heavy atom. The fourth-order valence-corrected chi connectivity index (χ4v) is 3.92. The van der Waals surface area contributed by atoms with Crippen LogP contribution in [0.4, 0.5) is 0 Å². The molecule has 0 saturated carbocycles. The highest BCUT2D eigenvalue weighted by molar-refractivity contribution is 7.89. The van der Waals surface area contributed by atoms with E-state index in [9.17, 15) is 8.42 Å². The molecule has 1 atom stereocenters. The number of benzene rings is 2. The smallest absolute Gasteiger partial charge is 0.207 e. The summed E-state index contributed by atoms with van der Waals surface area (Å²) in [4.78, 5) is 0.238. The van der Waals surface area contributed by atoms with Crippen LogP contribution in [-0.4, -0.2) is 8.42 Å². The first kappa shape index (κ1) is 17.3. The topological polar surface area (TPSA) is 46.2 Å². The summed E-state index contributed by atoms with van der Waals surface area (Å²) in [6.07, 6.45) is 0.866. The van der Waals surface area contributed by atoms with Crippen LogP contribution >= 0.6 is 23.2 Å². The molecule has 6 heteroatoms. The van der Waals surface area contributed by atoms with E-state index in [-0.39, 0.29) is 4.90 Å². The molecule has 1 unspecified atom stereocenters. The van der Waals surface area contributed by atoms with E-state index in [1.807, 2.05) is 19.1 Å². The molecular weight excluding hydrogens is 341 g/mol. The molecular formula is C16H17Cl2NO2S. The van der Waals surface area contributed by atoms with Crippen molar-refractivity contribution >= 4 is 33.2 Å². The molecule has 3 nitrogen and oxygen atoms in total. The number of aryl methyl sites for hydroxylation is 1. The monoisotopic (exact) mass is 357 g/mol. The quantitative estimate of drug-likeness (QED) is 0.849. The first-order chi connectivity index (χ1) is 10.3. The van der Waals surface area contributed by atoms with Crippen LogP contribution in [0, 0.1) is 0 Å². The maximum Gasteiger partial charge on any atom is 0.241 e. The summed E-state index contributed by atoms with van der Waals surface area (Å²) in [6.45, 7) is 3.76. The zero-order valence-electron chi connectivity index (χ0n) is 12.3. The lowest BCUT2D eigenvalue weighted by atomic mass is 10.1. The van der Waals surface area contributed by atoms with E-state index in [0.29, 0.717) is 15.6 Å². The van der Waals surface area contributed by atoms with Gasteiger partial charge in [-0.3, -0.25) is 0 Å². The van der Waals surface area contributed by atoms with E-state index >= 15 is 0 Å². The highest BCUT2D eigenvalue weighted by Crippen LogP contribution is 2.27. The molecule has 2 aromatic rings. The van der Waals surface area contributed by atoms with E-state index in [2.05, 4.69) is 4.72 Å². The van der Waals surface area contributed by atoms with Gasteiger partial charge in [0.1, 0.15) is 0 Å². The largest absolute Gasteiger partial charge is 0.241 e. The van der Waals surface area contributed by atoms with Crippen LogP contribution in [0.5, 0.6) is 0 Å². The van der Waals surface area contributed by atoms with Gasteiger partial charge in [-0.15, -0.1) is 0 Å². The standard InChI is InChI=1S/C16H17Cl2NO2S/c1-3-12-4-7-14(8-5-12)22(20,21)19-11(2)15-9-6-13(17)10-16(15)18/h4-11,19H,3H2,1-2H3. The number of halogens is 2. The van der Waals surface area contributed by atoms with E-state index < -0.39 is 16.1 Å². The van der Waals surface area contributed by atoms with Crippen LogP contribution in [0.2, 0.25) is 10.0 Å². The molecule has 0 bridgehead atoms. The molecule has 0 spiro atoms. The van der Waals surface area contributed by atoms with Gasteiger partial charge in [-0.1, -0.05) is 48.3 Å². The van der Waals surface area contributed by atoms with Gasteiger partial charge in [0, 0.05) is 16.1 Å². The van der Waals surface area contributed by atoms with Crippen molar-refractivity contribution in [2.75, 3.05) is 0 Å². The molecule has 0 radical (unpaired) electrons. The van der Waals surface area contributed by atoms with E-state index in [1.165, 1.54) is 0 Å². The van der Waals surface area contributed by atoms with Gasteiger partial charge in [0.25, 0.3) is 0 Å². The molecule has 0 saturated heterocycles. The molecule has 0 aromatic heterocycles. The van der Waals surface area contributed by atoms with Gasteiger partial charge < -0.3 is 0 Å². The van der Waals surface area contributed by atoms with Crippen LogP contribution in [0.15, 0.2) is 47.4 Å². The Kier molecular flexibility index (Phi) is 5.50. The van der Waals surface area contributed by atoms with E-state index in [1.54, 1.807) is 37.3 Å². The van der Waals surface area contributed by atoms with Crippen LogP contribution in [-0.2, 0) is 16.4 Å². The maximum absolute atomic E-state index is 12.4. The number of hydrogen-bond acceptors (Lipinski definition) is 2. The van der Waals surface area contributed by atoms with Crippen molar-refractivity contribution in [2.45, 2.75) is 31.2 Å². The van der Waals surface area contributed by atoms with E-state index in [4.69, 9.17) is 23.2 Å². The van der Waals surface area contributed by atoms with Crippen LogP contribution in [0.1, 0.15) is 31.0 Å². The second kappa shape index (κ2) is 7.01. The molecule has 0 aliphatic rings. The summed E-state index contributed by atoms with van der Waals surface area (Å²) >= 11 is 12.0. The van der Waals surface area contributed by atoms with Crippen molar-refractivity contribution in [1.29, 1.82) is 0 Å². The average Bonchev–Trinajstić information content (AvgIpc) is 2.46. The van der Waals surface area contributed by atoms with Gasteiger partial charge in [-0.2, -0.15) is 0 Å². The molecule has 0 amide bonds. The predicted molar refractivity (Wildman–Crippen MR) is 91.0 cm³/mol. The summed E-state index contributed by atoms with van der Waals surface area (Å²) < 4.78 is 27.5. The molecule has 0 heterocycles. The third-order valence-electron chi connectivity index (χ3n) is 3.40. The minimum Gasteiger partial charge on any atom is -0.207 e. The lowest BCUT2D eigenvalue weighted by molar-refractivity contribution is 0.567. The van der Waals surface area contributed by atoms with Gasteiger partial charge in [0.05, 0.1) is 4.90 Å². The van der Waals surface area contributed by atoms with Crippen molar-refractivity contribution in [1.82, 2.24) is 4.72 Å². The highest BCUT2D eigenvalue weighted by Gasteiger charge is 2.19. The Morgan fingerprint density at radius 2 is 1.73 bits per heavy atom. The number of sulfonamides is 1. The summed E-state index contributed by atoms with van der Waals surface area (Å²) in [6, 6.07) is 11.4. The van der Waals surface area contributed by atoms with Crippen molar-refractivity contribution in [2.24, 2.45) is 0 Å². The molecule has 0 aliphatic heterocycles. The second-order valence-corrected chi connectivity index (χ2v) is 7.56. The summed E-state index contributed by atoms with van der Waals surface area (Å²) in [7, 11) is -3.60. The predicted octanol–water partition coefficient (Wildman–Crippen LogP) is 4.60. The van der Waals surface area contributed by atoms with Gasteiger partial charge in [-0.25, -0.2) is 13.1 Å². The third kappa shape index (κ3) is 4.02. The van der Waals surface area contributed by atoms with Crippen molar-refractivity contribution in [3.63, 3.8) is 0 Å². The Bertz CT molecular complexity index is 758. The maximum atomic E-state index is 12.4. The van der Waals surface area contributed by atoms with Crippen molar-refractivity contribution < 1.29 is 8.42 Å². The fourth-order valence-electron chi connectivity index (χ4n) is 2.12. The number of nitrogens with one attached hydrogen (secondary N) is 1. The second-order valence-electron chi connectivity index (χ2n) is 5.01. The van der Waals surface area contributed by atoms with Gasteiger partial charge >= 0.3 is 0 Å². The van der Waals surface area contributed by atoms with Gasteiger partial charge in [0.2, 0.25) is 10.0 Å². The molecule has 0 fully saturated rings. The zero-order chi connectivity index (χ0) is 16.3. The van der Waals surface area contributed by atoms with Crippen LogP contribution in [0.3, 0.4) is 0 Å². The highest BCUT2D eigenvalue weighted by atomic mass is 35.5. The van der Waals surface area contributed by atoms with Gasteiger partial charge in [-0.05, 0) is 48.7 Å². The van der Waals surface area contributed by atoms with Crippen LogP contribution < -0.4 is 4.72 Å². The van der Waals surface area contributed by atoms with Gasteiger partial charge in [0.15, 0.2) is 0 Å². The SMILES string of the molecule is CCc1ccc(S(=O)(=O)NC(C)c2ccc(Cl)cc2Cl)cc1. The van der Waals surface area contributed by atoms with Crippen molar-refractivity contribution in [3.05, 3.63) is 63.6 Å². The normalized spacial score (nSPS) is 13.1. The Balaban J connectivity index is 2.23. The minimum atomic E-state index is -3.60. The minimum absolute atomic E-state index is 0.238. The van der Waals surface area contributed by atoms with Crippen LogP contribution in [0.25, 0.3) is 0 Å². The first-order valence-corrected chi connectivity index (χ1v) is 9.13. The Hall–Kier alpha value is -1.07. The zero-order valence-corrected chi connectivity index (χ0v) is 14.6. The number of hydrogen-bond donors (Lipinski definition) is 1. The molecule has 118 valence electrons. The molecule has 22 heavy (non-hydrogen) atoms. The third-order valence-corrected chi connectivity index (χ3v) is 5.52. The lowest BCUT2D eigenvalue weighted by Gasteiger charge is -2.16.